The van der Waals surface area contributed by atoms with Gasteiger partial charge in [0.15, 0.2) is 5.82 Å². The lowest BCUT2D eigenvalue weighted by atomic mass is 9.97. The van der Waals surface area contributed by atoms with Crippen molar-refractivity contribution in [1.29, 1.82) is 0 Å². The molecule has 0 saturated heterocycles. The zero-order chi connectivity index (χ0) is 13.7. The highest BCUT2D eigenvalue weighted by Crippen LogP contribution is 2.40. The van der Waals surface area contributed by atoms with E-state index in [1.54, 1.807) is 22.7 Å². The molecule has 0 fully saturated rings. The molecule has 6 heteroatoms. The molecule has 3 aromatic rings. The number of aryl methyl sites for hydroxylation is 2. The first-order valence-corrected chi connectivity index (χ1v) is 9.26. The second-order valence-corrected chi connectivity index (χ2v) is 8.74. The van der Waals surface area contributed by atoms with Gasteiger partial charge in [0.25, 0.3) is 0 Å². The summed E-state index contributed by atoms with van der Waals surface area (Å²) in [5.74, 6) is 0.733. The molecule has 0 bridgehead atoms. The summed E-state index contributed by atoms with van der Waals surface area (Å²) in [5.41, 5.74) is 1.39. The number of hydrogen-bond acceptors (Lipinski definition) is 4. The molecule has 0 aliphatic heterocycles. The summed E-state index contributed by atoms with van der Waals surface area (Å²) in [7, 11) is 0. The Kier molecular flexibility index (Phi) is 3.33. The number of fused-ring (bicyclic) bond motifs is 3. The monoisotopic (exact) mass is 384 g/mol. The standard InChI is InChI=1S/C14H10BrClN2S2/c15-10-6-5-9(19-10)13-17-12(16)11-7-3-1-2-4-8(7)20-14(11)18-13/h5-6H,1-4H2. The van der Waals surface area contributed by atoms with E-state index in [0.717, 1.165) is 37.5 Å². The number of aromatic nitrogens is 2. The van der Waals surface area contributed by atoms with Gasteiger partial charge in [0, 0.05) is 4.88 Å². The number of thiophene rings is 2. The number of hydrogen-bond donors (Lipinski definition) is 0. The van der Waals surface area contributed by atoms with Crippen LogP contribution in [0.25, 0.3) is 20.9 Å². The summed E-state index contributed by atoms with van der Waals surface area (Å²) < 4.78 is 1.08. The van der Waals surface area contributed by atoms with Gasteiger partial charge in [-0.3, -0.25) is 0 Å². The van der Waals surface area contributed by atoms with Crippen molar-refractivity contribution in [1.82, 2.24) is 9.97 Å². The summed E-state index contributed by atoms with van der Waals surface area (Å²) >= 11 is 13.3. The van der Waals surface area contributed by atoms with E-state index in [0.29, 0.717) is 5.15 Å². The predicted molar refractivity (Wildman–Crippen MR) is 90.1 cm³/mol. The molecule has 102 valence electrons. The second kappa shape index (κ2) is 5.05. The van der Waals surface area contributed by atoms with E-state index in [1.165, 1.54) is 23.3 Å². The zero-order valence-electron chi connectivity index (χ0n) is 10.4. The minimum absolute atomic E-state index is 0.605. The van der Waals surface area contributed by atoms with Crippen molar-refractivity contribution in [2.45, 2.75) is 25.7 Å². The largest absolute Gasteiger partial charge is 0.216 e. The molecule has 1 aliphatic carbocycles. The predicted octanol–water partition coefficient (Wildman–Crippen LogP) is 5.71. The second-order valence-electron chi connectivity index (χ2n) is 4.83. The van der Waals surface area contributed by atoms with Crippen LogP contribution < -0.4 is 0 Å². The summed E-state index contributed by atoms with van der Waals surface area (Å²) in [6.07, 6.45) is 4.79. The molecule has 0 amide bonds. The Balaban J connectivity index is 1.94. The van der Waals surface area contributed by atoms with Crippen molar-refractivity contribution in [2.24, 2.45) is 0 Å². The van der Waals surface area contributed by atoms with Crippen LogP contribution in [0.1, 0.15) is 23.3 Å². The highest BCUT2D eigenvalue weighted by atomic mass is 79.9. The fraction of sp³-hybridized carbons (Fsp3) is 0.286. The number of rotatable bonds is 1. The third-order valence-electron chi connectivity index (χ3n) is 3.56. The highest BCUT2D eigenvalue weighted by Gasteiger charge is 2.21. The Morgan fingerprint density at radius 3 is 2.75 bits per heavy atom. The first-order valence-electron chi connectivity index (χ1n) is 6.46. The molecular weight excluding hydrogens is 376 g/mol. The van der Waals surface area contributed by atoms with Crippen LogP contribution in [0.15, 0.2) is 15.9 Å². The summed E-state index contributed by atoms with van der Waals surface area (Å²) in [4.78, 5) is 12.8. The zero-order valence-corrected chi connectivity index (χ0v) is 14.4. The van der Waals surface area contributed by atoms with Crippen LogP contribution in [0.3, 0.4) is 0 Å². The Bertz CT molecular complexity index is 809. The van der Waals surface area contributed by atoms with Gasteiger partial charge in [-0.2, -0.15) is 0 Å². The van der Waals surface area contributed by atoms with Gasteiger partial charge in [0.2, 0.25) is 0 Å². The lowest BCUT2D eigenvalue weighted by Gasteiger charge is -2.10. The molecule has 0 unspecified atom stereocenters. The van der Waals surface area contributed by atoms with Crippen LogP contribution in [0.2, 0.25) is 5.15 Å². The van der Waals surface area contributed by atoms with Gasteiger partial charge in [-0.25, -0.2) is 9.97 Å². The lowest BCUT2D eigenvalue weighted by molar-refractivity contribution is 0.700. The van der Waals surface area contributed by atoms with Gasteiger partial charge in [-0.05, 0) is 59.3 Å². The molecule has 3 heterocycles. The average Bonchev–Trinajstić information content (AvgIpc) is 3.01. The van der Waals surface area contributed by atoms with Crippen molar-refractivity contribution < 1.29 is 0 Å². The molecule has 0 spiro atoms. The number of nitrogens with zero attached hydrogens (tertiary/aromatic N) is 2. The van der Waals surface area contributed by atoms with E-state index in [9.17, 15) is 0 Å². The third-order valence-corrected chi connectivity index (χ3v) is 6.64. The van der Waals surface area contributed by atoms with Gasteiger partial charge in [0.1, 0.15) is 9.98 Å². The molecule has 2 nitrogen and oxygen atoms in total. The van der Waals surface area contributed by atoms with Crippen molar-refractivity contribution in [3.63, 3.8) is 0 Å². The van der Waals surface area contributed by atoms with E-state index in [1.807, 2.05) is 12.1 Å². The van der Waals surface area contributed by atoms with Crippen molar-refractivity contribution in [3.05, 3.63) is 31.5 Å². The topological polar surface area (TPSA) is 25.8 Å². The summed E-state index contributed by atoms with van der Waals surface area (Å²) in [6, 6.07) is 4.04. The fourth-order valence-corrected chi connectivity index (χ4v) is 5.58. The Morgan fingerprint density at radius 2 is 1.95 bits per heavy atom. The molecule has 4 rings (SSSR count). The minimum Gasteiger partial charge on any atom is -0.216 e. The summed E-state index contributed by atoms with van der Waals surface area (Å²) in [5, 5.41) is 1.69. The molecule has 20 heavy (non-hydrogen) atoms. The normalized spacial score (nSPS) is 14.7. The molecule has 1 aliphatic rings. The maximum Gasteiger partial charge on any atom is 0.172 e. The minimum atomic E-state index is 0.605. The smallest absolute Gasteiger partial charge is 0.172 e. The first kappa shape index (κ1) is 13.2. The van der Waals surface area contributed by atoms with Gasteiger partial charge >= 0.3 is 0 Å². The van der Waals surface area contributed by atoms with Crippen LogP contribution in [0.4, 0.5) is 0 Å². The van der Waals surface area contributed by atoms with Gasteiger partial charge < -0.3 is 0 Å². The molecule has 0 saturated carbocycles. The SMILES string of the molecule is Clc1nc(-c2ccc(Br)s2)nc2sc3c(c12)CCCC3. The Morgan fingerprint density at radius 1 is 1.10 bits per heavy atom. The van der Waals surface area contributed by atoms with Gasteiger partial charge in [0.05, 0.1) is 14.0 Å². The van der Waals surface area contributed by atoms with Crippen LogP contribution in [0, 0.1) is 0 Å². The highest BCUT2D eigenvalue weighted by molar-refractivity contribution is 9.11. The molecule has 3 aromatic heterocycles. The van der Waals surface area contributed by atoms with Crippen LogP contribution in [-0.2, 0) is 12.8 Å². The van der Waals surface area contributed by atoms with E-state index in [-0.39, 0.29) is 0 Å². The van der Waals surface area contributed by atoms with E-state index >= 15 is 0 Å². The molecule has 0 aromatic carbocycles. The fourth-order valence-electron chi connectivity index (χ4n) is 2.66. The number of halogens is 2. The van der Waals surface area contributed by atoms with Crippen molar-refractivity contribution >= 4 is 60.4 Å². The first-order chi connectivity index (χ1) is 9.72. The van der Waals surface area contributed by atoms with Crippen molar-refractivity contribution in [3.8, 4) is 10.7 Å². The van der Waals surface area contributed by atoms with Gasteiger partial charge in [-0.1, -0.05) is 11.6 Å². The lowest BCUT2D eigenvalue weighted by Crippen LogP contribution is -1.98. The van der Waals surface area contributed by atoms with E-state index in [2.05, 4.69) is 20.9 Å². The van der Waals surface area contributed by atoms with Crippen LogP contribution in [-0.4, -0.2) is 9.97 Å². The average molecular weight is 386 g/mol. The van der Waals surface area contributed by atoms with Crippen molar-refractivity contribution in [2.75, 3.05) is 0 Å². The summed E-state index contributed by atoms with van der Waals surface area (Å²) in [6.45, 7) is 0. The maximum absolute atomic E-state index is 6.45. The molecule has 0 radical (unpaired) electrons. The van der Waals surface area contributed by atoms with Gasteiger partial charge in [-0.15, -0.1) is 22.7 Å². The maximum atomic E-state index is 6.45. The Hall–Kier alpha value is -0.490. The van der Waals surface area contributed by atoms with Crippen LogP contribution in [0.5, 0.6) is 0 Å². The molecule has 0 N–H and O–H groups in total. The van der Waals surface area contributed by atoms with E-state index in [4.69, 9.17) is 16.6 Å². The molecular formula is C14H10BrClN2S2. The Labute approximate surface area is 138 Å². The third kappa shape index (κ3) is 2.11. The van der Waals surface area contributed by atoms with E-state index < -0.39 is 0 Å². The molecule has 0 atom stereocenters. The quantitative estimate of drug-likeness (QED) is 0.501. The van der Waals surface area contributed by atoms with Crippen LogP contribution >= 0.6 is 50.2 Å².